The quantitative estimate of drug-likeness (QED) is 0.523. The molecule has 0 aromatic heterocycles. The number of hydrogen-bond donors (Lipinski definition) is 1. The predicted octanol–water partition coefficient (Wildman–Crippen LogP) is 1.28. The van der Waals surface area contributed by atoms with E-state index in [9.17, 15) is 4.79 Å². The highest BCUT2D eigenvalue weighted by molar-refractivity contribution is 6.20. The second-order valence-electron chi connectivity index (χ2n) is 2.95. The van der Waals surface area contributed by atoms with Crippen LogP contribution in [-0.2, 0) is 9.53 Å². The van der Waals surface area contributed by atoms with E-state index in [0.717, 1.165) is 5.57 Å². The molecule has 0 aromatic rings. The van der Waals surface area contributed by atoms with Crippen molar-refractivity contribution in [2.75, 3.05) is 5.88 Å². The molecule has 74 valence electrons. The van der Waals surface area contributed by atoms with Gasteiger partial charge < -0.3 is 10.1 Å². The first-order chi connectivity index (χ1) is 6.81. The molecule has 1 aliphatic heterocycles. The first-order valence-electron chi connectivity index (χ1n) is 4.27. The molecule has 0 saturated carbocycles. The Morgan fingerprint density at radius 1 is 1.57 bits per heavy atom. The van der Waals surface area contributed by atoms with E-state index in [-0.39, 0.29) is 11.8 Å². The van der Waals surface area contributed by atoms with E-state index in [0.29, 0.717) is 5.88 Å². The maximum atomic E-state index is 11.2. The Morgan fingerprint density at radius 2 is 2.43 bits per heavy atom. The molecule has 0 aromatic carbocycles. The molecule has 2 rings (SSSR count). The Kier molecular flexibility index (Phi) is 2.50. The van der Waals surface area contributed by atoms with Gasteiger partial charge in [-0.2, -0.15) is 0 Å². The van der Waals surface area contributed by atoms with Crippen LogP contribution in [0.5, 0.6) is 0 Å². The summed E-state index contributed by atoms with van der Waals surface area (Å²) in [6, 6.07) is 0. The van der Waals surface area contributed by atoms with Crippen LogP contribution in [0, 0.1) is 6.42 Å². The van der Waals surface area contributed by atoms with Gasteiger partial charge in [0, 0.05) is 0 Å². The van der Waals surface area contributed by atoms with Gasteiger partial charge in [-0.25, -0.2) is 0 Å². The average molecular weight is 211 g/mol. The topological polar surface area (TPSA) is 38.3 Å². The lowest BCUT2D eigenvalue weighted by Crippen LogP contribution is -2.24. The van der Waals surface area contributed by atoms with Gasteiger partial charge in [-0.3, -0.25) is 4.79 Å². The third kappa shape index (κ3) is 1.63. The van der Waals surface area contributed by atoms with Crippen LogP contribution < -0.4 is 5.32 Å². The number of halogens is 1. The summed E-state index contributed by atoms with van der Waals surface area (Å²) in [4.78, 5) is 11.2. The zero-order chi connectivity index (χ0) is 9.97. The zero-order valence-corrected chi connectivity index (χ0v) is 8.12. The Morgan fingerprint density at radius 3 is 3.00 bits per heavy atom. The van der Waals surface area contributed by atoms with Crippen molar-refractivity contribution in [3.8, 4) is 0 Å². The average Bonchev–Trinajstić information content (AvgIpc) is 2.61. The maximum absolute atomic E-state index is 11.2. The van der Waals surface area contributed by atoms with Crippen LogP contribution in [0.3, 0.4) is 0 Å². The minimum Gasteiger partial charge on any atom is -0.507 e. The first-order valence-corrected chi connectivity index (χ1v) is 4.80. The van der Waals surface area contributed by atoms with Crippen molar-refractivity contribution in [2.24, 2.45) is 0 Å². The summed E-state index contributed by atoms with van der Waals surface area (Å²) in [5, 5.41) is 2.64. The van der Waals surface area contributed by atoms with Gasteiger partial charge in [0.05, 0.1) is 5.88 Å². The molecule has 0 spiro atoms. The number of alkyl halides is 1. The standard InChI is InChI=1S/C10H9ClNO2/c11-6-8-9(13)12-10(14-8)7-4-2-1-3-5-7/h1-5,8H,6H2,(H,12,13)/q-1. The number of carbonyl (C=O) groups excluding carboxylic acids is 1. The molecule has 14 heavy (non-hydrogen) atoms. The second kappa shape index (κ2) is 3.80. The van der Waals surface area contributed by atoms with Gasteiger partial charge in [-0.05, 0) is 0 Å². The Hall–Kier alpha value is -1.35. The summed E-state index contributed by atoms with van der Waals surface area (Å²) >= 11 is 5.56. The summed E-state index contributed by atoms with van der Waals surface area (Å²) in [5.74, 6) is 0.474. The molecule has 1 amide bonds. The van der Waals surface area contributed by atoms with Gasteiger partial charge in [0.15, 0.2) is 6.10 Å². The Balaban J connectivity index is 2.17. The van der Waals surface area contributed by atoms with Crippen molar-refractivity contribution in [3.05, 3.63) is 42.2 Å². The molecular weight excluding hydrogens is 202 g/mol. The van der Waals surface area contributed by atoms with E-state index in [4.69, 9.17) is 16.3 Å². The van der Waals surface area contributed by atoms with Crippen molar-refractivity contribution in [2.45, 2.75) is 6.10 Å². The van der Waals surface area contributed by atoms with Gasteiger partial charge in [-0.15, -0.1) is 42.3 Å². The highest BCUT2D eigenvalue weighted by Gasteiger charge is 2.26. The van der Waals surface area contributed by atoms with Crippen molar-refractivity contribution in [1.82, 2.24) is 5.32 Å². The summed E-state index contributed by atoms with van der Waals surface area (Å²) < 4.78 is 5.33. The van der Waals surface area contributed by atoms with Crippen LogP contribution in [0.15, 0.2) is 35.8 Å². The molecule has 0 bridgehead atoms. The molecule has 1 aliphatic carbocycles. The third-order valence-corrected chi connectivity index (χ3v) is 2.25. The number of rotatable bonds is 1. The van der Waals surface area contributed by atoms with Crippen molar-refractivity contribution >= 4 is 17.5 Å². The largest absolute Gasteiger partial charge is 0.507 e. The van der Waals surface area contributed by atoms with Gasteiger partial charge in [0.2, 0.25) is 0 Å². The lowest BCUT2D eigenvalue weighted by molar-refractivity contribution is -0.122. The van der Waals surface area contributed by atoms with E-state index in [2.05, 4.69) is 5.32 Å². The fourth-order valence-corrected chi connectivity index (χ4v) is 1.45. The van der Waals surface area contributed by atoms with Crippen molar-refractivity contribution in [3.63, 3.8) is 0 Å². The number of amides is 1. The summed E-state index contributed by atoms with van der Waals surface area (Å²) in [5.41, 5.74) is 0.855. The number of nitrogens with one attached hydrogen (secondary N) is 1. The van der Waals surface area contributed by atoms with E-state index < -0.39 is 6.10 Å². The van der Waals surface area contributed by atoms with E-state index in [1.54, 1.807) is 0 Å². The first kappa shape index (κ1) is 9.21. The second-order valence-corrected chi connectivity index (χ2v) is 3.25. The van der Waals surface area contributed by atoms with Crippen LogP contribution in [0.2, 0.25) is 0 Å². The highest BCUT2D eigenvalue weighted by atomic mass is 35.5. The molecule has 4 heteroatoms. The minimum atomic E-state index is -0.563. The highest BCUT2D eigenvalue weighted by Crippen LogP contribution is 2.19. The van der Waals surface area contributed by atoms with Crippen LogP contribution in [0.25, 0.3) is 0 Å². The van der Waals surface area contributed by atoms with Crippen molar-refractivity contribution in [1.29, 1.82) is 0 Å². The maximum Gasteiger partial charge on any atom is 0.259 e. The van der Waals surface area contributed by atoms with Gasteiger partial charge >= 0.3 is 0 Å². The molecular formula is C10H9ClNO2-. The van der Waals surface area contributed by atoms with Gasteiger partial charge in [0.25, 0.3) is 5.91 Å². The lowest BCUT2D eigenvalue weighted by atomic mass is 10.1. The zero-order valence-electron chi connectivity index (χ0n) is 7.37. The van der Waals surface area contributed by atoms with Crippen LogP contribution >= 0.6 is 11.6 Å². The summed E-state index contributed by atoms with van der Waals surface area (Å²) in [6.45, 7) is 0. The molecule has 0 radical (unpaired) electrons. The molecule has 3 nitrogen and oxygen atoms in total. The predicted molar refractivity (Wildman–Crippen MR) is 53.3 cm³/mol. The smallest absolute Gasteiger partial charge is 0.259 e. The monoisotopic (exact) mass is 210 g/mol. The summed E-state index contributed by atoms with van der Waals surface area (Å²) in [6.07, 6.45) is 8.84. The normalized spacial score (nSPS) is 29.8. The molecule has 1 heterocycles. The van der Waals surface area contributed by atoms with Crippen molar-refractivity contribution < 1.29 is 9.53 Å². The molecule has 2 aliphatic rings. The van der Waals surface area contributed by atoms with E-state index in [1.807, 2.05) is 30.7 Å². The fraction of sp³-hybridized carbons (Fsp3) is 0.200. The Labute approximate surface area is 87.1 Å². The third-order valence-electron chi connectivity index (χ3n) is 1.97. The molecule has 1 atom stereocenters. The summed E-state index contributed by atoms with van der Waals surface area (Å²) in [7, 11) is 0. The number of allylic oxidation sites excluding steroid dienone is 5. The number of carbonyl (C=O) groups is 1. The fourth-order valence-electron chi connectivity index (χ4n) is 1.25. The van der Waals surface area contributed by atoms with Crippen LogP contribution in [-0.4, -0.2) is 17.9 Å². The van der Waals surface area contributed by atoms with Crippen LogP contribution in [0.4, 0.5) is 0 Å². The molecule has 1 unspecified atom stereocenters. The number of hydrogen-bond acceptors (Lipinski definition) is 2. The molecule has 1 N–H and O–H groups in total. The SMILES string of the molecule is O=C1NC(=C2C=CC=C[CH-]2)OC1CCl. The van der Waals surface area contributed by atoms with Gasteiger partial charge in [-0.1, -0.05) is 5.57 Å². The molecule has 1 fully saturated rings. The number of ether oxygens (including phenoxy) is 1. The Bertz CT molecular complexity index is 344. The molecule has 1 saturated heterocycles. The minimum absolute atomic E-state index is 0.169. The van der Waals surface area contributed by atoms with Gasteiger partial charge in [0.1, 0.15) is 5.88 Å². The van der Waals surface area contributed by atoms with E-state index in [1.165, 1.54) is 0 Å². The van der Waals surface area contributed by atoms with Crippen LogP contribution in [0.1, 0.15) is 0 Å². The van der Waals surface area contributed by atoms with E-state index >= 15 is 0 Å². The lowest BCUT2D eigenvalue weighted by Gasteiger charge is -2.14.